The molecule has 1 atom stereocenters. The van der Waals surface area contributed by atoms with Crippen molar-refractivity contribution in [2.75, 3.05) is 51.3 Å². The van der Waals surface area contributed by atoms with Crippen molar-refractivity contribution in [2.24, 2.45) is 5.73 Å². The van der Waals surface area contributed by atoms with Gasteiger partial charge in [0.05, 0.1) is 0 Å². The zero-order valence-corrected chi connectivity index (χ0v) is 11.7. The summed E-state index contributed by atoms with van der Waals surface area (Å²) in [6.45, 7) is 5.85. The van der Waals surface area contributed by atoms with Crippen LogP contribution in [-0.4, -0.2) is 62.4 Å². The summed E-state index contributed by atoms with van der Waals surface area (Å²) in [5.41, 5.74) is 6.09. The van der Waals surface area contributed by atoms with E-state index in [0.717, 1.165) is 51.6 Å². The van der Waals surface area contributed by atoms with E-state index in [-0.39, 0.29) is 6.04 Å². The fraction of sp³-hybridized carbons (Fsp3) is 0.643. The minimum Gasteiger partial charge on any atom is -0.385 e. The molecule has 1 aliphatic heterocycles. The van der Waals surface area contributed by atoms with Crippen LogP contribution in [0.4, 0.5) is 5.82 Å². The van der Waals surface area contributed by atoms with Crippen LogP contribution in [0, 0.1) is 0 Å². The van der Waals surface area contributed by atoms with E-state index in [0.29, 0.717) is 0 Å². The summed E-state index contributed by atoms with van der Waals surface area (Å²) >= 11 is 0. The average molecular weight is 264 g/mol. The quantitative estimate of drug-likeness (QED) is 0.814. The molecule has 0 bridgehead atoms. The highest BCUT2D eigenvalue weighted by Crippen LogP contribution is 2.12. The van der Waals surface area contributed by atoms with E-state index < -0.39 is 0 Å². The molecule has 19 heavy (non-hydrogen) atoms. The third-order valence-corrected chi connectivity index (χ3v) is 3.53. The van der Waals surface area contributed by atoms with E-state index in [1.807, 2.05) is 18.3 Å². The smallest absolute Gasteiger partial charge is 0.128 e. The molecular formula is C14H24N4O. The maximum absolute atomic E-state index is 6.09. The number of ether oxygens (including phenoxy) is 1. The number of methoxy groups -OCH3 is 1. The lowest BCUT2D eigenvalue weighted by atomic mass is 10.2. The maximum Gasteiger partial charge on any atom is 0.128 e. The Morgan fingerprint density at radius 3 is 2.74 bits per heavy atom. The molecule has 1 unspecified atom stereocenters. The van der Waals surface area contributed by atoms with Crippen LogP contribution in [0.2, 0.25) is 0 Å². The van der Waals surface area contributed by atoms with Crippen LogP contribution >= 0.6 is 0 Å². The van der Waals surface area contributed by atoms with Crippen LogP contribution in [0.15, 0.2) is 24.4 Å². The van der Waals surface area contributed by atoms with Crippen LogP contribution in [0.3, 0.4) is 0 Å². The van der Waals surface area contributed by atoms with Gasteiger partial charge in [0.15, 0.2) is 0 Å². The number of nitrogens with two attached hydrogens (primary N) is 1. The van der Waals surface area contributed by atoms with Gasteiger partial charge in [0.2, 0.25) is 0 Å². The minimum atomic E-state index is 0.210. The molecule has 106 valence electrons. The lowest BCUT2D eigenvalue weighted by Crippen LogP contribution is -2.50. The molecule has 1 fully saturated rings. The number of pyridine rings is 1. The molecule has 0 amide bonds. The van der Waals surface area contributed by atoms with Crippen molar-refractivity contribution in [1.82, 2.24) is 9.88 Å². The zero-order chi connectivity index (χ0) is 13.5. The van der Waals surface area contributed by atoms with Gasteiger partial charge in [0.25, 0.3) is 0 Å². The van der Waals surface area contributed by atoms with Gasteiger partial charge < -0.3 is 15.4 Å². The molecule has 5 heteroatoms. The van der Waals surface area contributed by atoms with Gasteiger partial charge in [-0.15, -0.1) is 0 Å². The van der Waals surface area contributed by atoms with Gasteiger partial charge in [-0.3, -0.25) is 4.90 Å². The summed E-state index contributed by atoms with van der Waals surface area (Å²) in [4.78, 5) is 9.16. The summed E-state index contributed by atoms with van der Waals surface area (Å²) in [7, 11) is 1.72. The Balaban J connectivity index is 1.73. The molecule has 1 aromatic rings. The number of hydrogen-bond donors (Lipinski definition) is 1. The van der Waals surface area contributed by atoms with Gasteiger partial charge in [-0.05, 0) is 18.6 Å². The van der Waals surface area contributed by atoms with Crippen molar-refractivity contribution >= 4 is 5.82 Å². The molecule has 2 heterocycles. The number of piperazine rings is 1. The lowest BCUT2D eigenvalue weighted by molar-refractivity contribution is 0.172. The summed E-state index contributed by atoms with van der Waals surface area (Å²) in [5, 5.41) is 0. The number of rotatable bonds is 6. The van der Waals surface area contributed by atoms with Crippen molar-refractivity contribution in [3.05, 3.63) is 24.4 Å². The molecular weight excluding hydrogens is 240 g/mol. The van der Waals surface area contributed by atoms with E-state index >= 15 is 0 Å². The predicted octanol–water partition coefficient (Wildman–Crippen LogP) is 0.567. The van der Waals surface area contributed by atoms with Crippen LogP contribution < -0.4 is 10.6 Å². The van der Waals surface area contributed by atoms with Gasteiger partial charge >= 0.3 is 0 Å². The van der Waals surface area contributed by atoms with Crippen LogP contribution in [0.25, 0.3) is 0 Å². The highest BCUT2D eigenvalue weighted by atomic mass is 16.5. The molecule has 2 N–H and O–H groups in total. The Labute approximate surface area is 115 Å². The third-order valence-electron chi connectivity index (χ3n) is 3.53. The Kier molecular flexibility index (Phi) is 5.57. The Hall–Kier alpha value is -1.17. The third kappa shape index (κ3) is 4.45. The normalized spacial score (nSPS) is 18.5. The second-order valence-electron chi connectivity index (χ2n) is 5.02. The van der Waals surface area contributed by atoms with Gasteiger partial charge in [-0.2, -0.15) is 0 Å². The first-order valence-corrected chi connectivity index (χ1v) is 6.92. The fourth-order valence-electron chi connectivity index (χ4n) is 2.39. The molecule has 0 spiro atoms. The molecule has 0 radical (unpaired) electrons. The van der Waals surface area contributed by atoms with E-state index in [1.54, 1.807) is 7.11 Å². The fourth-order valence-corrected chi connectivity index (χ4v) is 2.39. The van der Waals surface area contributed by atoms with Gasteiger partial charge in [-0.25, -0.2) is 4.98 Å². The van der Waals surface area contributed by atoms with Gasteiger partial charge in [0, 0.05) is 58.7 Å². The Bertz CT molecular complexity index is 352. The number of hydrogen-bond acceptors (Lipinski definition) is 5. The Morgan fingerprint density at radius 2 is 2.11 bits per heavy atom. The average Bonchev–Trinajstić information content (AvgIpc) is 2.47. The number of anilines is 1. The predicted molar refractivity (Wildman–Crippen MR) is 77.4 cm³/mol. The van der Waals surface area contributed by atoms with Crippen LogP contribution in [-0.2, 0) is 4.74 Å². The SMILES string of the molecule is COCCC(N)CN1CCN(c2ccccn2)CC1. The zero-order valence-electron chi connectivity index (χ0n) is 11.7. The summed E-state index contributed by atoms with van der Waals surface area (Å²) in [6.07, 6.45) is 2.78. The largest absolute Gasteiger partial charge is 0.385 e. The maximum atomic E-state index is 6.09. The van der Waals surface area contributed by atoms with Crippen molar-refractivity contribution < 1.29 is 4.74 Å². The van der Waals surface area contributed by atoms with E-state index in [4.69, 9.17) is 10.5 Å². The standard InChI is InChI=1S/C14H24N4O/c1-19-11-5-13(15)12-17-7-9-18(10-8-17)14-4-2-3-6-16-14/h2-4,6,13H,5,7-12,15H2,1H3. The Morgan fingerprint density at radius 1 is 1.32 bits per heavy atom. The topological polar surface area (TPSA) is 54.6 Å². The summed E-state index contributed by atoms with van der Waals surface area (Å²) in [6, 6.07) is 6.27. The van der Waals surface area contributed by atoms with Crippen LogP contribution in [0.5, 0.6) is 0 Å². The van der Waals surface area contributed by atoms with E-state index in [2.05, 4.69) is 20.9 Å². The van der Waals surface area contributed by atoms with Gasteiger partial charge in [-0.1, -0.05) is 6.07 Å². The molecule has 0 saturated carbocycles. The van der Waals surface area contributed by atoms with Crippen molar-refractivity contribution in [1.29, 1.82) is 0 Å². The highest BCUT2D eigenvalue weighted by Gasteiger charge is 2.19. The van der Waals surface area contributed by atoms with Crippen molar-refractivity contribution in [2.45, 2.75) is 12.5 Å². The van der Waals surface area contributed by atoms with Crippen molar-refractivity contribution in [3.8, 4) is 0 Å². The first kappa shape index (κ1) is 14.2. The van der Waals surface area contributed by atoms with Crippen molar-refractivity contribution in [3.63, 3.8) is 0 Å². The molecule has 1 aromatic heterocycles. The van der Waals surface area contributed by atoms with Crippen LogP contribution in [0.1, 0.15) is 6.42 Å². The second kappa shape index (κ2) is 7.43. The lowest BCUT2D eigenvalue weighted by Gasteiger charge is -2.36. The summed E-state index contributed by atoms with van der Waals surface area (Å²) in [5.74, 6) is 1.07. The van der Waals surface area contributed by atoms with Gasteiger partial charge in [0.1, 0.15) is 5.82 Å². The first-order chi connectivity index (χ1) is 9.29. The molecule has 5 nitrogen and oxygen atoms in total. The molecule has 1 saturated heterocycles. The molecule has 0 aromatic carbocycles. The monoisotopic (exact) mass is 264 g/mol. The number of nitrogens with zero attached hydrogens (tertiary/aromatic N) is 3. The number of aromatic nitrogens is 1. The molecule has 1 aliphatic rings. The molecule has 2 rings (SSSR count). The first-order valence-electron chi connectivity index (χ1n) is 6.92. The van der Waals surface area contributed by atoms with E-state index in [1.165, 1.54) is 0 Å². The molecule has 0 aliphatic carbocycles. The van der Waals surface area contributed by atoms with E-state index in [9.17, 15) is 0 Å². The highest BCUT2D eigenvalue weighted by molar-refractivity contribution is 5.38. The second-order valence-corrected chi connectivity index (χ2v) is 5.02. The summed E-state index contributed by atoms with van der Waals surface area (Å²) < 4.78 is 5.06. The minimum absolute atomic E-state index is 0.210.